The zero-order chi connectivity index (χ0) is 14.3. The van der Waals surface area contributed by atoms with Gasteiger partial charge < -0.3 is 38.4 Å². The average molecular weight is 350 g/mol. The predicted molar refractivity (Wildman–Crippen MR) is 56.6 cm³/mol. The molecule has 0 fully saturated rings. The Kier molecular flexibility index (Phi) is 8.36. The summed E-state index contributed by atoms with van der Waals surface area (Å²) in [7, 11) is -11.4. The van der Waals surface area contributed by atoms with E-state index in [4.69, 9.17) is 4.42 Å². The summed E-state index contributed by atoms with van der Waals surface area (Å²) >= 11 is 0. The number of aromatic nitrogens is 1. The first kappa shape index (κ1) is 21.8. The number of hydrogen-bond acceptors (Lipinski definition) is 9. The van der Waals surface area contributed by atoms with Crippen molar-refractivity contribution in [2.75, 3.05) is 5.32 Å². The Hall–Kier alpha value is 0.790. The van der Waals surface area contributed by atoms with Gasteiger partial charge in [0.2, 0.25) is 0 Å². The van der Waals surface area contributed by atoms with Crippen molar-refractivity contribution in [3.8, 4) is 0 Å². The van der Waals surface area contributed by atoms with Crippen LogP contribution in [-0.2, 0) is 9.13 Å². The van der Waals surface area contributed by atoms with Gasteiger partial charge in [-0.05, 0) is 27.3 Å². The van der Waals surface area contributed by atoms with E-state index in [0.717, 1.165) is 0 Å². The number of anilines is 1. The molecule has 0 amide bonds. The molecular weight excluding hydrogens is 344 g/mol. The van der Waals surface area contributed by atoms with Gasteiger partial charge in [0.1, 0.15) is 5.52 Å². The molecule has 1 heterocycles. The van der Waals surface area contributed by atoms with Crippen molar-refractivity contribution in [2.24, 2.45) is 0 Å². The van der Waals surface area contributed by atoms with Gasteiger partial charge in [0, 0.05) is 0 Å². The number of hydrogen-bond donors (Lipinski definition) is 1. The minimum Gasteiger partial charge on any atom is -0.809 e. The SMILES string of the molecule is O=P([O-])([O-])C(Nc1nc2ccccc2o1)P(=O)([O-])[O-].[Na+].[Na+]. The van der Waals surface area contributed by atoms with Crippen molar-refractivity contribution < 1.29 is 92.2 Å². The molecule has 9 nitrogen and oxygen atoms in total. The fraction of sp³-hybridized carbons (Fsp3) is 0.125. The van der Waals surface area contributed by atoms with Crippen molar-refractivity contribution in [1.29, 1.82) is 0 Å². The molecule has 2 rings (SSSR count). The first-order chi connectivity index (χ1) is 8.68. The van der Waals surface area contributed by atoms with Gasteiger partial charge in [-0.1, -0.05) is 12.1 Å². The molecule has 0 saturated carbocycles. The molecule has 104 valence electrons. The smallest absolute Gasteiger partial charge is 0.809 e. The molecule has 0 unspecified atom stereocenters. The first-order valence-corrected chi connectivity index (χ1v) is 8.06. The molecule has 0 aliphatic carbocycles. The fourth-order valence-electron chi connectivity index (χ4n) is 1.38. The maximum absolute atomic E-state index is 10.8. The largest absolute Gasteiger partial charge is 1.00 e. The molecule has 1 N–H and O–H groups in total. The number of oxazole rings is 1. The Labute approximate surface area is 163 Å². The summed E-state index contributed by atoms with van der Waals surface area (Å²) in [6, 6.07) is 5.69. The standard InChI is InChI=1S/C8H10N2O7P2.2Na/c11-18(12,13)8(19(14,15)16)10-7-9-5-3-1-2-4-6(5)17-7;;/h1-4,8H,(H,9,10)(H2,11,12,13)(H2,14,15,16);;/q;2*+1/p-4. The molecule has 13 heteroatoms. The van der Waals surface area contributed by atoms with Gasteiger partial charge in [0.25, 0.3) is 6.01 Å². The van der Waals surface area contributed by atoms with Crippen LogP contribution in [0.25, 0.3) is 11.1 Å². The molecule has 21 heavy (non-hydrogen) atoms. The number of nitrogens with one attached hydrogen (secondary N) is 1. The molecule has 0 radical (unpaired) electrons. The monoisotopic (exact) mass is 350 g/mol. The van der Waals surface area contributed by atoms with Crippen LogP contribution in [0.5, 0.6) is 0 Å². The van der Waals surface area contributed by atoms with E-state index < -0.39 is 26.7 Å². The Morgan fingerprint density at radius 1 is 1.05 bits per heavy atom. The topological polar surface area (TPSA) is 164 Å². The Morgan fingerprint density at radius 2 is 1.57 bits per heavy atom. The number of benzene rings is 1. The number of fused-ring (bicyclic) bond motifs is 1. The molecule has 0 atom stereocenters. The van der Waals surface area contributed by atoms with E-state index in [1.807, 2.05) is 0 Å². The van der Waals surface area contributed by atoms with E-state index in [0.29, 0.717) is 5.52 Å². The first-order valence-electron chi connectivity index (χ1n) is 4.83. The van der Waals surface area contributed by atoms with Gasteiger partial charge in [-0.25, -0.2) is 0 Å². The van der Waals surface area contributed by atoms with E-state index in [2.05, 4.69) is 4.98 Å². The van der Waals surface area contributed by atoms with Crippen LogP contribution < -0.4 is 84.0 Å². The molecule has 0 aliphatic rings. The molecule has 0 bridgehead atoms. The zero-order valence-electron chi connectivity index (χ0n) is 11.1. The van der Waals surface area contributed by atoms with Crippen molar-refractivity contribution in [2.45, 2.75) is 5.52 Å². The second kappa shape index (κ2) is 8.06. The van der Waals surface area contributed by atoms with E-state index in [1.54, 1.807) is 17.4 Å². The van der Waals surface area contributed by atoms with Crippen molar-refractivity contribution >= 4 is 32.3 Å². The van der Waals surface area contributed by atoms with E-state index >= 15 is 0 Å². The van der Waals surface area contributed by atoms with Crippen LogP contribution in [0.3, 0.4) is 0 Å². The van der Waals surface area contributed by atoms with Gasteiger partial charge >= 0.3 is 59.1 Å². The number of para-hydroxylation sites is 2. The minimum absolute atomic E-state index is 0. The summed E-state index contributed by atoms with van der Waals surface area (Å²) in [4.78, 5) is 46.8. The van der Waals surface area contributed by atoms with E-state index in [-0.39, 0.29) is 64.7 Å². The van der Waals surface area contributed by atoms with E-state index in [1.165, 1.54) is 12.1 Å². The average Bonchev–Trinajstić information content (AvgIpc) is 2.65. The van der Waals surface area contributed by atoms with Gasteiger partial charge in [-0.2, -0.15) is 4.98 Å². The van der Waals surface area contributed by atoms with Gasteiger partial charge in [0.15, 0.2) is 5.58 Å². The maximum atomic E-state index is 10.8. The maximum Gasteiger partial charge on any atom is 1.00 e. The summed E-state index contributed by atoms with van der Waals surface area (Å²) in [5, 5.41) is 1.69. The van der Waals surface area contributed by atoms with Gasteiger partial charge in [-0.3, -0.25) is 0 Å². The van der Waals surface area contributed by atoms with Crippen molar-refractivity contribution in [3.63, 3.8) is 0 Å². The van der Waals surface area contributed by atoms with Crippen molar-refractivity contribution in [1.82, 2.24) is 4.98 Å². The predicted octanol–water partition coefficient (Wildman–Crippen LogP) is -7.64. The fourth-order valence-corrected chi connectivity index (χ4v) is 3.30. The van der Waals surface area contributed by atoms with Crippen LogP contribution in [0.1, 0.15) is 0 Å². The van der Waals surface area contributed by atoms with Crippen LogP contribution in [0.15, 0.2) is 28.7 Å². The molecular formula is C8H6N2Na2O7P2-2. The summed E-state index contributed by atoms with van der Waals surface area (Å²) < 4.78 is 26.5. The van der Waals surface area contributed by atoms with Crippen LogP contribution in [0.4, 0.5) is 6.01 Å². The third-order valence-corrected chi connectivity index (χ3v) is 5.30. The second-order valence-electron chi connectivity index (χ2n) is 3.58. The molecule has 1 aromatic heterocycles. The normalized spacial score (nSPS) is 11.9. The van der Waals surface area contributed by atoms with Gasteiger partial charge in [0.05, 0.1) is 5.52 Å². The third kappa shape index (κ3) is 5.73. The Balaban J connectivity index is 0.00000200. The van der Waals surface area contributed by atoms with Crippen LogP contribution in [-0.4, -0.2) is 10.5 Å². The van der Waals surface area contributed by atoms with Crippen LogP contribution >= 0.6 is 15.2 Å². The van der Waals surface area contributed by atoms with E-state index in [9.17, 15) is 28.7 Å². The number of rotatable bonds is 4. The molecule has 0 aliphatic heterocycles. The van der Waals surface area contributed by atoms with Crippen LogP contribution in [0, 0.1) is 0 Å². The molecule has 1 aromatic carbocycles. The summed E-state index contributed by atoms with van der Waals surface area (Å²) in [5.41, 5.74) is -2.29. The zero-order valence-corrected chi connectivity index (χ0v) is 16.9. The third-order valence-electron chi connectivity index (χ3n) is 2.15. The quantitative estimate of drug-likeness (QED) is 0.416. The summed E-state index contributed by atoms with van der Waals surface area (Å²) in [6.45, 7) is 0. The van der Waals surface area contributed by atoms with Crippen LogP contribution in [0.2, 0.25) is 0 Å². The van der Waals surface area contributed by atoms with Crippen molar-refractivity contribution in [3.05, 3.63) is 24.3 Å². The second-order valence-corrected chi connectivity index (χ2v) is 7.18. The Bertz CT molecular complexity index is 642. The summed E-state index contributed by atoms with van der Waals surface area (Å²) in [6.07, 6.45) is 0. The van der Waals surface area contributed by atoms with Gasteiger partial charge in [-0.15, -0.1) is 0 Å². The molecule has 2 aromatic rings. The number of nitrogens with zero attached hydrogens (tertiary/aromatic N) is 1. The minimum atomic E-state index is -5.71. The molecule has 0 saturated heterocycles. The molecule has 0 spiro atoms. The summed E-state index contributed by atoms with van der Waals surface area (Å²) in [5.74, 6) is 0. The Morgan fingerprint density at radius 3 is 2.05 bits per heavy atom.